The van der Waals surface area contributed by atoms with Gasteiger partial charge in [-0.2, -0.15) is 0 Å². The third kappa shape index (κ3) is 6.04. The van der Waals surface area contributed by atoms with Crippen molar-refractivity contribution in [1.82, 2.24) is 20.2 Å². The van der Waals surface area contributed by atoms with Crippen molar-refractivity contribution in [3.05, 3.63) is 51.1 Å². The van der Waals surface area contributed by atoms with Gasteiger partial charge in [0.2, 0.25) is 5.91 Å². The highest BCUT2D eigenvalue weighted by atomic mass is 32.1. The number of nitrogens with one attached hydrogen (secondary N) is 3. The van der Waals surface area contributed by atoms with Gasteiger partial charge in [-0.1, -0.05) is 0 Å². The SMILES string of the molecule is CC(C)(C)OC(=O)NC(CNC(=O)Cc1[nH]c(=S)n2c1C[C@H](c1c(F)c(F)cc(F)c1F)C2)C(=O)O. The first kappa shape index (κ1) is 27.2. The number of carbonyl (C=O) groups excluding carboxylic acids is 2. The standard InChI is InChI=1S/C22H24F4N4O5S/c1-22(2,3)35-21(34)29-13(19(32)33)7-27-15(31)6-12-14-4-9(8-30(14)20(36)28-12)16-17(25)10(23)5-11(24)18(16)26/h5,9,13H,4,6-8H2,1-3H3,(H,27,31)(H,28,36)(H,29,34)(H,32,33)/t9-,13?/m0/s1. The maximum absolute atomic E-state index is 14.3. The number of aliphatic carboxylic acids is 1. The number of carboxylic acids is 1. The molecule has 36 heavy (non-hydrogen) atoms. The lowest BCUT2D eigenvalue weighted by molar-refractivity contribution is -0.139. The van der Waals surface area contributed by atoms with Crippen LogP contribution in [-0.4, -0.2) is 50.8 Å². The summed E-state index contributed by atoms with van der Waals surface area (Å²) in [7, 11) is 0. The van der Waals surface area contributed by atoms with Crippen LogP contribution in [0.4, 0.5) is 22.4 Å². The van der Waals surface area contributed by atoms with E-state index in [1.54, 1.807) is 20.8 Å². The summed E-state index contributed by atoms with van der Waals surface area (Å²) < 4.78 is 62.6. The van der Waals surface area contributed by atoms with Crippen LogP contribution in [0.25, 0.3) is 0 Å². The number of H-pyrrole nitrogens is 1. The van der Waals surface area contributed by atoms with Gasteiger partial charge in [-0.25, -0.2) is 27.2 Å². The molecule has 1 aromatic carbocycles. The highest BCUT2D eigenvalue weighted by Gasteiger charge is 2.34. The van der Waals surface area contributed by atoms with Crippen molar-refractivity contribution in [3.63, 3.8) is 0 Å². The molecule has 1 aliphatic rings. The molecule has 1 aromatic heterocycles. The molecule has 2 aromatic rings. The molecular formula is C22H24F4N4O5S. The van der Waals surface area contributed by atoms with E-state index in [9.17, 15) is 37.1 Å². The molecule has 1 aliphatic heterocycles. The molecule has 196 valence electrons. The molecule has 0 bridgehead atoms. The Morgan fingerprint density at radius 2 is 1.83 bits per heavy atom. The Labute approximate surface area is 207 Å². The van der Waals surface area contributed by atoms with Crippen molar-refractivity contribution >= 4 is 30.2 Å². The lowest BCUT2D eigenvalue weighted by Gasteiger charge is -2.22. The number of alkyl carbamates (subject to hydrolysis) is 1. The van der Waals surface area contributed by atoms with Crippen LogP contribution in [0.1, 0.15) is 43.6 Å². The lowest BCUT2D eigenvalue weighted by atomic mass is 9.94. The molecule has 0 saturated carbocycles. The molecule has 9 nitrogen and oxygen atoms in total. The molecule has 4 N–H and O–H groups in total. The van der Waals surface area contributed by atoms with E-state index in [1.165, 1.54) is 4.57 Å². The van der Waals surface area contributed by atoms with E-state index in [4.69, 9.17) is 17.0 Å². The van der Waals surface area contributed by atoms with Crippen molar-refractivity contribution in [3.8, 4) is 0 Å². The number of rotatable bonds is 7. The Kier molecular flexibility index (Phi) is 7.76. The van der Waals surface area contributed by atoms with Gasteiger partial charge in [0.1, 0.15) is 11.6 Å². The summed E-state index contributed by atoms with van der Waals surface area (Å²) in [6.07, 6.45) is -1.33. The number of benzene rings is 1. The zero-order chi connectivity index (χ0) is 26.9. The van der Waals surface area contributed by atoms with Crippen LogP contribution >= 0.6 is 12.2 Å². The largest absolute Gasteiger partial charge is 0.480 e. The zero-order valence-electron chi connectivity index (χ0n) is 19.5. The molecular weight excluding hydrogens is 508 g/mol. The van der Waals surface area contributed by atoms with Gasteiger partial charge < -0.3 is 30.0 Å². The Bertz CT molecular complexity index is 1240. The molecule has 0 saturated heterocycles. The molecule has 1 unspecified atom stereocenters. The monoisotopic (exact) mass is 532 g/mol. The van der Waals surface area contributed by atoms with Gasteiger partial charge in [-0.15, -0.1) is 0 Å². The second-order valence-corrected chi connectivity index (χ2v) is 9.65. The fraction of sp³-hybridized carbons (Fsp3) is 0.455. The number of hydrogen-bond acceptors (Lipinski definition) is 5. The van der Waals surface area contributed by atoms with E-state index in [2.05, 4.69) is 15.6 Å². The third-order valence-electron chi connectivity index (χ3n) is 5.40. The van der Waals surface area contributed by atoms with Crippen LogP contribution in [-0.2, 0) is 33.7 Å². The quantitative estimate of drug-likeness (QED) is 0.247. The number of hydrogen-bond donors (Lipinski definition) is 4. The summed E-state index contributed by atoms with van der Waals surface area (Å²) >= 11 is 5.20. The number of carbonyl (C=O) groups is 3. The number of nitrogens with zero attached hydrogens (tertiary/aromatic N) is 1. The number of aromatic nitrogens is 2. The second-order valence-electron chi connectivity index (χ2n) is 9.27. The van der Waals surface area contributed by atoms with E-state index < -0.39 is 70.9 Å². The predicted octanol–water partition coefficient (Wildman–Crippen LogP) is 3.08. The van der Waals surface area contributed by atoms with Gasteiger partial charge in [0.25, 0.3) is 0 Å². The fourth-order valence-electron chi connectivity index (χ4n) is 3.88. The second kappa shape index (κ2) is 10.3. The Morgan fingerprint density at radius 1 is 1.22 bits per heavy atom. The van der Waals surface area contributed by atoms with Crippen LogP contribution in [0.3, 0.4) is 0 Å². The Hall–Kier alpha value is -3.42. The number of amides is 2. The van der Waals surface area contributed by atoms with Crippen molar-refractivity contribution in [2.45, 2.75) is 57.7 Å². The highest BCUT2D eigenvalue weighted by Crippen LogP contribution is 2.36. The first-order valence-electron chi connectivity index (χ1n) is 10.8. The highest BCUT2D eigenvalue weighted by molar-refractivity contribution is 7.71. The molecule has 14 heteroatoms. The zero-order valence-corrected chi connectivity index (χ0v) is 20.3. The number of imidazole rings is 1. The van der Waals surface area contributed by atoms with Gasteiger partial charge in [-0.05, 0) is 39.4 Å². The summed E-state index contributed by atoms with van der Waals surface area (Å²) in [4.78, 5) is 38.6. The molecule has 0 fully saturated rings. The number of carboxylic acid groups (broad SMARTS) is 1. The van der Waals surface area contributed by atoms with Gasteiger partial charge in [0.05, 0.1) is 6.42 Å². The van der Waals surface area contributed by atoms with E-state index in [0.29, 0.717) is 11.4 Å². The first-order chi connectivity index (χ1) is 16.7. The average molecular weight is 533 g/mol. The third-order valence-corrected chi connectivity index (χ3v) is 5.73. The lowest BCUT2D eigenvalue weighted by Crippen LogP contribution is -2.49. The summed E-state index contributed by atoms with van der Waals surface area (Å²) in [5.74, 6) is -9.01. The fourth-order valence-corrected chi connectivity index (χ4v) is 4.19. The van der Waals surface area contributed by atoms with Crippen LogP contribution < -0.4 is 10.6 Å². The van der Waals surface area contributed by atoms with E-state index in [1.807, 2.05) is 0 Å². The van der Waals surface area contributed by atoms with E-state index >= 15 is 0 Å². The van der Waals surface area contributed by atoms with Crippen LogP contribution in [0, 0.1) is 28.0 Å². The number of aromatic amines is 1. The average Bonchev–Trinajstić information content (AvgIpc) is 3.29. The van der Waals surface area contributed by atoms with Gasteiger partial charge in [0, 0.05) is 42.0 Å². The summed E-state index contributed by atoms with van der Waals surface area (Å²) in [5, 5.41) is 13.8. The Balaban J connectivity index is 1.68. The molecule has 2 heterocycles. The molecule has 0 radical (unpaired) electrons. The van der Waals surface area contributed by atoms with Crippen LogP contribution in [0.5, 0.6) is 0 Å². The summed E-state index contributed by atoms with van der Waals surface area (Å²) in [6, 6.07) is -1.34. The van der Waals surface area contributed by atoms with Crippen LogP contribution in [0.2, 0.25) is 0 Å². The van der Waals surface area contributed by atoms with Gasteiger partial charge >= 0.3 is 12.1 Å². The van der Waals surface area contributed by atoms with Crippen molar-refractivity contribution in [1.29, 1.82) is 0 Å². The predicted molar refractivity (Wildman–Crippen MR) is 120 cm³/mol. The van der Waals surface area contributed by atoms with Crippen molar-refractivity contribution in [2.24, 2.45) is 0 Å². The minimum Gasteiger partial charge on any atom is -0.480 e. The van der Waals surface area contributed by atoms with Gasteiger partial charge in [0.15, 0.2) is 28.0 Å². The summed E-state index contributed by atoms with van der Waals surface area (Å²) in [5.41, 5.74) is -0.876. The topological polar surface area (TPSA) is 125 Å². The van der Waals surface area contributed by atoms with Crippen LogP contribution in [0.15, 0.2) is 6.07 Å². The summed E-state index contributed by atoms with van der Waals surface area (Å²) in [6.45, 7) is 4.28. The van der Waals surface area contributed by atoms with Gasteiger partial charge in [-0.3, -0.25) is 4.79 Å². The maximum atomic E-state index is 14.3. The van der Waals surface area contributed by atoms with E-state index in [0.717, 1.165) is 0 Å². The van der Waals surface area contributed by atoms with Crippen molar-refractivity contribution < 1.29 is 41.8 Å². The smallest absolute Gasteiger partial charge is 0.408 e. The number of ether oxygens (including phenoxy) is 1. The van der Waals surface area contributed by atoms with E-state index in [-0.39, 0.29) is 30.2 Å². The van der Waals surface area contributed by atoms with Crippen molar-refractivity contribution in [2.75, 3.05) is 6.54 Å². The minimum atomic E-state index is -1.52. The Morgan fingerprint density at radius 3 is 2.39 bits per heavy atom. The normalized spacial score (nSPS) is 15.8. The molecule has 0 spiro atoms. The molecule has 0 aliphatic carbocycles. The number of halogens is 4. The maximum Gasteiger partial charge on any atom is 0.408 e. The molecule has 3 rings (SSSR count). The first-order valence-corrected chi connectivity index (χ1v) is 11.2. The molecule has 2 amide bonds. The molecule has 2 atom stereocenters. The number of fused-ring (bicyclic) bond motifs is 1. The minimum absolute atomic E-state index is 0.0512.